The summed E-state index contributed by atoms with van der Waals surface area (Å²) in [5, 5.41) is 13.3. The zero-order valence-corrected chi connectivity index (χ0v) is 12.6. The number of aromatic nitrogens is 2. The Kier molecular flexibility index (Phi) is 4.13. The Bertz CT molecular complexity index is 478. The number of hydrogen-bond acceptors (Lipinski definition) is 5. The van der Waals surface area contributed by atoms with E-state index in [1.165, 1.54) is 0 Å². The molecular formula is C14H23N3O3. The van der Waals surface area contributed by atoms with Crippen LogP contribution in [0.3, 0.4) is 0 Å². The van der Waals surface area contributed by atoms with Crippen molar-refractivity contribution in [2.75, 3.05) is 6.54 Å². The van der Waals surface area contributed by atoms with Gasteiger partial charge in [0.05, 0.1) is 6.54 Å². The van der Waals surface area contributed by atoms with Crippen molar-refractivity contribution < 1.29 is 14.4 Å². The highest BCUT2D eigenvalue weighted by molar-refractivity contribution is 5.73. The second-order valence-corrected chi connectivity index (χ2v) is 6.72. The van der Waals surface area contributed by atoms with Crippen molar-refractivity contribution in [2.45, 2.75) is 58.5 Å². The third-order valence-corrected chi connectivity index (χ3v) is 3.74. The summed E-state index contributed by atoms with van der Waals surface area (Å²) in [6, 6.07) is -0.455. The van der Waals surface area contributed by atoms with Gasteiger partial charge in [0.2, 0.25) is 5.89 Å². The topological polar surface area (TPSA) is 79.5 Å². The van der Waals surface area contributed by atoms with Gasteiger partial charge in [-0.15, -0.1) is 0 Å². The molecule has 0 radical (unpaired) electrons. The zero-order valence-electron chi connectivity index (χ0n) is 12.6. The summed E-state index contributed by atoms with van der Waals surface area (Å²) in [7, 11) is 0. The predicted octanol–water partition coefficient (Wildman–Crippen LogP) is 2.05. The molecule has 1 aromatic heterocycles. The molecule has 6 nitrogen and oxygen atoms in total. The van der Waals surface area contributed by atoms with Crippen molar-refractivity contribution in [1.29, 1.82) is 0 Å². The van der Waals surface area contributed by atoms with E-state index in [1.807, 2.05) is 25.7 Å². The van der Waals surface area contributed by atoms with Crippen LogP contribution in [0.4, 0.5) is 0 Å². The van der Waals surface area contributed by atoms with E-state index < -0.39 is 12.0 Å². The van der Waals surface area contributed by atoms with Gasteiger partial charge in [-0.1, -0.05) is 32.9 Å². The molecule has 1 aromatic rings. The van der Waals surface area contributed by atoms with Crippen molar-refractivity contribution in [3.8, 4) is 0 Å². The third-order valence-electron chi connectivity index (χ3n) is 3.74. The number of carboxylic acids is 1. The maximum Gasteiger partial charge on any atom is 0.320 e. The lowest BCUT2D eigenvalue weighted by molar-refractivity contribution is -0.145. The highest BCUT2D eigenvalue weighted by atomic mass is 16.5. The minimum Gasteiger partial charge on any atom is -0.480 e. The summed E-state index contributed by atoms with van der Waals surface area (Å²) in [6.45, 7) is 9.31. The number of hydrogen-bond donors (Lipinski definition) is 1. The van der Waals surface area contributed by atoms with Crippen molar-refractivity contribution in [1.82, 2.24) is 15.0 Å². The van der Waals surface area contributed by atoms with Gasteiger partial charge in [-0.3, -0.25) is 9.69 Å². The molecule has 0 aromatic carbocycles. The molecule has 6 heteroatoms. The Morgan fingerprint density at radius 1 is 1.50 bits per heavy atom. The van der Waals surface area contributed by atoms with Crippen LogP contribution in [0.2, 0.25) is 0 Å². The van der Waals surface area contributed by atoms with E-state index >= 15 is 0 Å². The number of nitrogens with zero attached hydrogens (tertiary/aromatic N) is 3. The van der Waals surface area contributed by atoms with Crippen molar-refractivity contribution in [3.63, 3.8) is 0 Å². The Morgan fingerprint density at radius 3 is 2.75 bits per heavy atom. The quantitative estimate of drug-likeness (QED) is 0.913. The molecule has 0 bridgehead atoms. The zero-order chi connectivity index (χ0) is 14.9. The second-order valence-electron chi connectivity index (χ2n) is 6.72. The largest absolute Gasteiger partial charge is 0.480 e. The molecule has 1 saturated heterocycles. The first kappa shape index (κ1) is 15.0. The molecule has 1 N–H and O–H groups in total. The number of carbonyl (C=O) groups is 1. The maximum atomic E-state index is 11.4. The lowest BCUT2D eigenvalue weighted by Gasteiger charge is -2.34. The Hall–Kier alpha value is -1.43. The van der Waals surface area contributed by atoms with Crippen molar-refractivity contribution >= 4 is 5.97 Å². The molecule has 1 aliphatic rings. The van der Waals surface area contributed by atoms with Gasteiger partial charge in [0.1, 0.15) is 6.04 Å². The average molecular weight is 281 g/mol. The SMILES string of the molecule is CC1CCN(Cc2nc(C(C)(C)C)no2)C(C(=O)O)C1. The minimum atomic E-state index is -0.771. The van der Waals surface area contributed by atoms with Gasteiger partial charge >= 0.3 is 5.97 Å². The summed E-state index contributed by atoms with van der Waals surface area (Å²) in [6.07, 6.45) is 1.68. The molecule has 2 unspecified atom stereocenters. The first-order chi connectivity index (χ1) is 9.27. The highest BCUT2D eigenvalue weighted by Crippen LogP contribution is 2.25. The monoisotopic (exact) mass is 281 g/mol. The van der Waals surface area contributed by atoms with Crippen LogP contribution < -0.4 is 0 Å². The van der Waals surface area contributed by atoms with E-state index in [-0.39, 0.29) is 5.41 Å². The van der Waals surface area contributed by atoms with E-state index in [1.54, 1.807) is 0 Å². The predicted molar refractivity (Wildman–Crippen MR) is 73.2 cm³/mol. The normalized spacial score (nSPS) is 24.8. The minimum absolute atomic E-state index is 0.162. The summed E-state index contributed by atoms with van der Waals surface area (Å²) < 4.78 is 5.25. The molecule has 0 spiro atoms. The van der Waals surface area contributed by atoms with Crippen LogP contribution in [0.5, 0.6) is 0 Å². The fourth-order valence-electron chi connectivity index (χ4n) is 2.43. The van der Waals surface area contributed by atoms with Gasteiger partial charge in [-0.05, 0) is 25.3 Å². The summed E-state index contributed by atoms with van der Waals surface area (Å²) in [5.41, 5.74) is -0.162. The van der Waals surface area contributed by atoms with Crippen molar-refractivity contribution in [2.24, 2.45) is 5.92 Å². The van der Waals surface area contributed by atoms with Crippen LogP contribution in [0.1, 0.15) is 52.3 Å². The molecule has 1 fully saturated rings. The average Bonchev–Trinajstić information content (AvgIpc) is 2.79. The van der Waals surface area contributed by atoms with E-state index in [0.717, 1.165) is 13.0 Å². The highest BCUT2D eigenvalue weighted by Gasteiger charge is 2.33. The fourth-order valence-corrected chi connectivity index (χ4v) is 2.43. The van der Waals surface area contributed by atoms with Gasteiger partial charge in [0.25, 0.3) is 0 Å². The van der Waals surface area contributed by atoms with Gasteiger partial charge in [-0.2, -0.15) is 4.98 Å². The molecule has 2 atom stereocenters. The molecule has 0 saturated carbocycles. The van der Waals surface area contributed by atoms with Crippen LogP contribution in [-0.4, -0.2) is 38.7 Å². The lowest BCUT2D eigenvalue weighted by Crippen LogP contribution is -2.46. The molecule has 0 aliphatic carbocycles. The molecule has 1 aliphatic heterocycles. The number of aliphatic carboxylic acids is 1. The Labute approximate surface area is 119 Å². The molecule has 2 rings (SSSR count). The summed E-state index contributed by atoms with van der Waals surface area (Å²) in [5.74, 6) is 0.827. The third kappa shape index (κ3) is 3.36. The van der Waals surface area contributed by atoms with Gasteiger partial charge in [0, 0.05) is 5.41 Å². The number of piperidine rings is 1. The van der Waals surface area contributed by atoms with E-state index in [9.17, 15) is 9.90 Å². The van der Waals surface area contributed by atoms with Crippen LogP contribution in [0.25, 0.3) is 0 Å². The van der Waals surface area contributed by atoms with Gasteiger partial charge in [-0.25, -0.2) is 0 Å². The van der Waals surface area contributed by atoms with Crippen LogP contribution in [0.15, 0.2) is 4.52 Å². The smallest absolute Gasteiger partial charge is 0.320 e. The summed E-state index contributed by atoms with van der Waals surface area (Å²) in [4.78, 5) is 17.7. The van der Waals surface area contributed by atoms with Gasteiger partial charge in [0.15, 0.2) is 5.82 Å². The van der Waals surface area contributed by atoms with Crippen LogP contribution >= 0.6 is 0 Å². The number of rotatable bonds is 3. The molecule has 112 valence electrons. The van der Waals surface area contributed by atoms with Crippen LogP contribution in [-0.2, 0) is 16.8 Å². The van der Waals surface area contributed by atoms with Crippen LogP contribution in [0, 0.1) is 5.92 Å². The second kappa shape index (κ2) is 5.52. The molecule has 20 heavy (non-hydrogen) atoms. The van der Waals surface area contributed by atoms with E-state index in [0.29, 0.717) is 30.6 Å². The first-order valence-corrected chi connectivity index (χ1v) is 7.07. The van der Waals surface area contributed by atoms with E-state index in [2.05, 4.69) is 17.1 Å². The molecular weight excluding hydrogens is 258 g/mol. The van der Waals surface area contributed by atoms with Crippen molar-refractivity contribution in [3.05, 3.63) is 11.7 Å². The van der Waals surface area contributed by atoms with E-state index in [4.69, 9.17) is 4.52 Å². The Balaban J connectivity index is 2.08. The number of likely N-dealkylation sites (tertiary alicyclic amines) is 1. The molecule has 0 amide bonds. The number of carboxylic acid groups (broad SMARTS) is 1. The molecule has 2 heterocycles. The first-order valence-electron chi connectivity index (χ1n) is 7.07. The maximum absolute atomic E-state index is 11.4. The lowest BCUT2D eigenvalue weighted by atomic mass is 9.92. The Morgan fingerprint density at radius 2 is 2.20 bits per heavy atom. The fraction of sp³-hybridized carbons (Fsp3) is 0.786. The summed E-state index contributed by atoms with van der Waals surface area (Å²) >= 11 is 0. The van der Waals surface area contributed by atoms with Gasteiger partial charge < -0.3 is 9.63 Å². The standard InChI is InChI=1S/C14H23N3O3/c1-9-5-6-17(10(7-9)12(18)19)8-11-15-13(16-20-11)14(2,3)4/h9-10H,5-8H2,1-4H3,(H,18,19).